The standard InChI is InChI=1S/C28H40AsN3O7/c1-3-4-13-21(23(33)24(34)31-22(25(35)38-2)20-11-7-5-8-12-20)30-26(36)28(14-9-6-10-15-28)29-27(37)32-16-18-39-19-17-32/h5,7-8,11-12,21-22,29H,3-4,6,9-10,13-19H2,1-2H3,(H,30,36)(H,31,34)/t21-,22+/m0/s1. The van der Waals surface area contributed by atoms with Crippen LogP contribution in [-0.4, -0.2) is 88.4 Å². The molecule has 0 radical (unpaired) electrons. The first kappa shape index (κ1) is 30.8. The second kappa shape index (κ2) is 15.2. The number of hydrogen-bond donors (Lipinski definition) is 2. The van der Waals surface area contributed by atoms with E-state index in [9.17, 15) is 24.0 Å². The second-order valence-corrected chi connectivity index (χ2v) is 13.5. The molecule has 0 bridgehead atoms. The van der Waals surface area contributed by atoms with Gasteiger partial charge in [0.15, 0.2) is 0 Å². The number of ketones is 1. The summed E-state index contributed by atoms with van der Waals surface area (Å²) in [5.74, 6) is -2.79. The van der Waals surface area contributed by atoms with E-state index in [1.165, 1.54) is 7.11 Å². The third-order valence-electron chi connectivity index (χ3n) is 7.32. The first-order valence-electron chi connectivity index (χ1n) is 13.7. The molecule has 1 aliphatic carbocycles. The summed E-state index contributed by atoms with van der Waals surface area (Å²) >= 11 is -1.38. The van der Waals surface area contributed by atoms with Crippen molar-refractivity contribution in [3.05, 3.63) is 35.9 Å². The fraction of sp³-hybridized carbons (Fsp3) is 0.607. The fourth-order valence-electron chi connectivity index (χ4n) is 4.99. The normalized spacial score (nSPS) is 18.7. The van der Waals surface area contributed by atoms with Crippen molar-refractivity contribution in [3.63, 3.8) is 0 Å². The van der Waals surface area contributed by atoms with E-state index in [0.717, 1.165) is 25.7 Å². The number of esters is 1. The Balaban J connectivity index is 1.76. The number of rotatable bonds is 12. The zero-order valence-corrected chi connectivity index (χ0v) is 24.9. The van der Waals surface area contributed by atoms with E-state index in [0.29, 0.717) is 51.1 Å². The van der Waals surface area contributed by atoms with Crippen LogP contribution < -0.4 is 10.6 Å². The molecule has 2 N–H and O–H groups in total. The maximum absolute atomic E-state index is 13.8. The summed E-state index contributed by atoms with van der Waals surface area (Å²) in [5, 5.41) is 5.38. The van der Waals surface area contributed by atoms with E-state index in [-0.39, 0.29) is 17.0 Å². The number of nitrogens with zero attached hydrogens (tertiary/aromatic N) is 1. The Morgan fingerprint density at radius 3 is 2.31 bits per heavy atom. The van der Waals surface area contributed by atoms with Gasteiger partial charge in [-0.15, -0.1) is 0 Å². The molecule has 2 fully saturated rings. The summed E-state index contributed by atoms with van der Waals surface area (Å²) in [6.07, 6.45) is 5.59. The van der Waals surface area contributed by atoms with Crippen LogP contribution in [0.1, 0.15) is 69.9 Å². The molecule has 1 heterocycles. The van der Waals surface area contributed by atoms with Crippen molar-refractivity contribution < 1.29 is 33.4 Å². The van der Waals surface area contributed by atoms with E-state index in [1.54, 1.807) is 35.2 Å². The first-order valence-corrected chi connectivity index (χ1v) is 15.8. The van der Waals surface area contributed by atoms with Crippen molar-refractivity contribution in [2.75, 3.05) is 33.4 Å². The molecule has 1 aliphatic heterocycles. The minimum absolute atomic E-state index is 0.0355. The van der Waals surface area contributed by atoms with E-state index in [2.05, 4.69) is 10.6 Å². The van der Waals surface area contributed by atoms with Crippen LogP contribution in [0.15, 0.2) is 30.3 Å². The number of carbonyl (C=O) groups is 5. The van der Waals surface area contributed by atoms with Crippen LogP contribution in [0.4, 0.5) is 4.79 Å². The molecule has 0 aromatic heterocycles. The van der Waals surface area contributed by atoms with Crippen molar-refractivity contribution in [2.45, 2.75) is 74.6 Å². The molecule has 1 aromatic rings. The number of methoxy groups -OCH3 is 1. The molecule has 3 amide bonds. The predicted octanol–water partition coefficient (Wildman–Crippen LogP) is 2.27. The van der Waals surface area contributed by atoms with Gasteiger partial charge in [0.1, 0.15) is 0 Å². The Morgan fingerprint density at radius 2 is 1.69 bits per heavy atom. The van der Waals surface area contributed by atoms with Crippen LogP contribution in [-0.2, 0) is 28.7 Å². The molecule has 39 heavy (non-hydrogen) atoms. The molecule has 1 aromatic carbocycles. The van der Waals surface area contributed by atoms with Crippen LogP contribution in [0.3, 0.4) is 0 Å². The predicted molar refractivity (Wildman–Crippen MR) is 147 cm³/mol. The summed E-state index contributed by atoms with van der Waals surface area (Å²) < 4.78 is 9.45. The summed E-state index contributed by atoms with van der Waals surface area (Å²) in [7, 11) is 1.21. The van der Waals surface area contributed by atoms with Gasteiger partial charge in [-0.3, -0.25) is 0 Å². The van der Waals surface area contributed by atoms with Crippen molar-refractivity contribution in [3.8, 4) is 0 Å². The number of unbranched alkanes of at least 4 members (excludes halogenated alkanes) is 1. The number of nitrogens with one attached hydrogen (secondary N) is 2. The van der Waals surface area contributed by atoms with Crippen LogP contribution in [0, 0.1) is 0 Å². The van der Waals surface area contributed by atoms with Crippen LogP contribution >= 0.6 is 0 Å². The third kappa shape index (κ3) is 8.39. The molecule has 214 valence electrons. The SMILES string of the molecule is CCCC[C@H](NC(=O)C1([AsH]C(=O)N2CCOCC2)CCCCC1)C(=O)C(=O)N[C@@H](C(=O)OC)c1ccccc1. The Kier molecular flexibility index (Phi) is 12.0. The molecule has 1 unspecified atom stereocenters. The van der Waals surface area contributed by atoms with Gasteiger partial charge in [-0.1, -0.05) is 0 Å². The zero-order chi connectivity index (χ0) is 28.3. The van der Waals surface area contributed by atoms with Crippen LogP contribution in [0.2, 0.25) is 4.20 Å². The van der Waals surface area contributed by atoms with Gasteiger partial charge >= 0.3 is 237 Å². The van der Waals surface area contributed by atoms with Gasteiger partial charge < -0.3 is 0 Å². The van der Waals surface area contributed by atoms with Crippen LogP contribution in [0.5, 0.6) is 0 Å². The van der Waals surface area contributed by atoms with Gasteiger partial charge in [0, 0.05) is 0 Å². The van der Waals surface area contributed by atoms with E-state index < -0.39 is 49.7 Å². The van der Waals surface area contributed by atoms with E-state index >= 15 is 0 Å². The average molecular weight is 606 g/mol. The van der Waals surface area contributed by atoms with Crippen molar-refractivity contribution in [1.29, 1.82) is 0 Å². The Bertz CT molecular complexity index is 1010. The molecule has 0 spiro atoms. The molecule has 10 nitrogen and oxygen atoms in total. The fourth-order valence-corrected chi connectivity index (χ4v) is 8.31. The van der Waals surface area contributed by atoms with E-state index in [1.807, 2.05) is 6.92 Å². The number of amides is 3. The quantitative estimate of drug-likeness (QED) is 0.212. The average Bonchev–Trinajstić information content (AvgIpc) is 2.98. The Labute approximate surface area is 236 Å². The number of Topliss-reactive ketones (excluding diaryl/α,β-unsaturated/α-hetero) is 1. The van der Waals surface area contributed by atoms with Crippen molar-refractivity contribution in [2.24, 2.45) is 0 Å². The van der Waals surface area contributed by atoms with Crippen molar-refractivity contribution >= 4 is 44.0 Å². The number of hydrogen-bond acceptors (Lipinski definition) is 7. The molecule has 2 aliphatic rings. The summed E-state index contributed by atoms with van der Waals surface area (Å²) in [4.78, 5) is 67.7. The minimum atomic E-state index is -1.38. The molecular weight excluding hydrogens is 565 g/mol. The summed E-state index contributed by atoms with van der Waals surface area (Å²) in [6.45, 7) is 4.01. The van der Waals surface area contributed by atoms with E-state index in [4.69, 9.17) is 9.47 Å². The van der Waals surface area contributed by atoms with Gasteiger partial charge in [-0.2, -0.15) is 0 Å². The number of carbonyl (C=O) groups excluding carboxylic acids is 5. The van der Waals surface area contributed by atoms with Gasteiger partial charge in [0.05, 0.1) is 0 Å². The monoisotopic (exact) mass is 605 g/mol. The Morgan fingerprint density at radius 1 is 1.03 bits per heavy atom. The van der Waals surface area contributed by atoms with Gasteiger partial charge in [0.25, 0.3) is 0 Å². The third-order valence-corrected chi connectivity index (χ3v) is 11.0. The zero-order valence-electron chi connectivity index (χ0n) is 22.8. The molecule has 3 atom stereocenters. The number of benzene rings is 1. The molecule has 1 saturated heterocycles. The molecule has 11 heteroatoms. The van der Waals surface area contributed by atoms with Gasteiger partial charge in [-0.25, -0.2) is 0 Å². The number of morpholine rings is 1. The Hall–Kier alpha value is -2.71. The molecular formula is C28H40AsN3O7. The maximum atomic E-state index is 13.8. The first-order chi connectivity index (χ1) is 18.8. The number of ether oxygens (including phenoxy) is 2. The molecule has 3 rings (SSSR count). The molecule has 1 saturated carbocycles. The van der Waals surface area contributed by atoms with Gasteiger partial charge in [0.2, 0.25) is 0 Å². The van der Waals surface area contributed by atoms with Crippen molar-refractivity contribution in [1.82, 2.24) is 15.5 Å². The topological polar surface area (TPSA) is 131 Å². The summed E-state index contributed by atoms with van der Waals surface area (Å²) in [5.41, 5.74) is 0.479. The van der Waals surface area contributed by atoms with Crippen LogP contribution in [0.25, 0.3) is 0 Å². The summed E-state index contributed by atoms with van der Waals surface area (Å²) in [6, 6.07) is 6.32. The van der Waals surface area contributed by atoms with Gasteiger partial charge in [-0.05, 0) is 0 Å². The second-order valence-electron chi connectivity index (χ2n) is 10.0.